The molecule has 0 radical (unpaired) electrons. The summed E-state index contributed by atoms with van der Waals surface area (Å²) in [4.78, 5) is 25.9. The van der Waals surface area contributed by atoms with Crippen molar-refractivity contribution in [2.75, 3.05) is 43.4 Å². The zero-order valence-electron chi connectivity index (χ0n) is 20.7. The van der Waals surface area contributed by atoms with Crippen LogP contribution in [0.2, 0.25) is 0 Å². The van der Waals surface area contributed by atoms with Crippen molar-refractivity contribution >= 4 is 17.3 Å². The quantitative estimate of drug-likeness (QED) is 0.579. The summed E-state index contributed by atoms with van der Waals surface area (Å²) in [6.07, 6.45) is 1.98. The number of nitrogens with zero attached hydrogens (tertiary/aromatic N) is 4. The number of halogens is 1. The molecule has 186 valence electrons. The number of nitrogens with two attached hydrogens (primary N) is 1. The minimum Gasteiger partial charge on any atom is -0.382 e. The minimum atomic E-state index is -0.692. The smallest absolute Gasteiger partial charge is 0.241 e. The highest BCUT2D eigenvalue weighted by Gasteiger charge is 2.48. The third kappa shape index (κ3) is 3.94. The zero-order chi connectivity index (χ0) is 25.0. The Kier molecular flexibility index (Phi) is 5.53. The molecule has 2 aromatic carbocycles. The van der Waals surface area contributed by atoms with Gasteiger partial charge in [-0.3, -0.25) is 9.69 Å². The van der Waals surface area contributed by atoms with Crippen LogP contribution in [-0.4, -0.2) is 59.4 Å². The van der Waals surface area contributed by atoms with Crippen LogP contribution >= 0.6 is 0 Å². The average Bonchev–Trinajstić information content (AvgIpc) is 3.67. The van der Waals surface area contributed by atoms with Gasteiger partial charge in [-0.15, -0.1) is 0 Å². The van der Waals surface area contributed by atoms with Crippen LogP contribution in [-0.2, 0) is 5.54 Å². The lowest BCUT2D eigenvalue weighted by Gasteiger charge is -2.38. The zero-order valence-corrected chi connectivity index (χ0v) is 20.7. The summed E-state index contributed by atoms with van der Waals surface area (Å²) in [6, 6.07) is 14.0. The van der Waals surface area contributed by atoms with Gasteiger partial charge in [0.1, 0.15) is 11.4 Å². The average molecular weight is 487 g/mol. The Morgan fingerprint density at radius 1 is 0.972 bits per heavy atom. The fourth-order valence-corrected chi connectivity index (χ4v) is 5.49. The Morgan fingerprint density at radius 2 is 1.67 bits per heavy atom. The van der Waals surface area contributed by atoms with Gasteiger partial charge in [-0.1, -0.05) is 24.3 Å². The monoisotopic (exact) mass is 486 g/mol. The van der Waals surface area contributed by atoms with Crippen molar-refractivity contribution in [2.45, 2.75) is 38.3 Å². The molecule has 2 aliphatic heterocycles. The van der Waals surface area contributed by atoms with Crippen LogP contribution in [0.25, 0.3) is 22.5 Å². The maximum atomic E-state index is 14.9. The fourth-order valence-electron chi connectivity index (χ4n) is 5.49. The lowest BCUT2D eigenvalue weighted by atomic mass is 9.89. The summed E-state index contributed by atoms with van der Waals surface area (Å²) in [5.41, 5.74) is 10.8. The number of carbonyl (C=O) groups is 1. The number of nitrogens with one attached hydrogen (secondary N) is 1. The molecule has 0 amide bonds. The summed E-state index contributed by atoms with van der Waals surface area (Å²) >= 11 is 0. The first-order chi connectivity index (χ1) is 17.3. The van der Waals surface area contributed by atoms with Gasteiger partial charge in [0.2, 0.25) is 5.95 Å². The van der Waals surface area contributed by atoms with E-state index in [9.17, 15) is 9.18 Å². The van der Waals surface area contributed by atoms with Gasteiger partial charge in [-0.25, -0.2) is 4.98 Å². The molecule has 0 atom stereocenters. The second-order valence-electron chi connectivity index (χ2n) is 10.4. The molecule has 7 nitrogen and oxygen atoms in total. The molecule has 36 heavy (non-hydrogen) atoms. The van der Waals surface area contributed by atoms with E-state index in [1.165, 1.54) is 0 Å². The van der Waals surface area contributed by atoms with Crippen molar-refractivity contribution in [1.82, 2.24) is 20.2 Å². The molecule has 1 aliphatic carbocycles. The van der Waals surface area contributed by atoms with Crippen LogP contribution in [0.5, 0.6) is 0 Å². The number of hydrogen-bond acceptors (Lipinski definition) is 7. The number of hydrogen-bond donors (Lipinski definition) is 2. The molecule has 0 unspecified atom stereocenters. The first-order valence-corrected chi connectivity index (χ1v) is 12.7. The summed E-state index contributed by atoms with van der Waals surface area (Å²) in [7, 11) is 0. The van der Waals surface area contributed by atoms with Gasteiger partial charge in [-0.2, -0.15) is 9.37 Å². The second-order valence-corrected chi connectivity index (χ2v) is 10.4. The van der Waals surface area contributed by atoms with E-state index in [1.54, 1.807) is 0 Å². The van der Waals surface area contributed by atoms with E-state index in [-0.39, 0.29) is 22.8 Å². The van der Waals surface area contributed by atoms with Crippen molar-refractivity contribution < 1.29 is 9.18 Å². The number of ketones is 1. The van der Waals surface area contributed by atoms with E-state index in [0.29, 0.717) is 23.8 Å². The predicted molar refractivity (Wildman–Crippen MR) is 139 cm³/mol. The second kappa shape index (κ2) is 8.64. The molecular weight excluding hydrogens is 455 g/mol. The molecule has 1 saturated carbocycles. The Bertz CT molecular complexity index is 1330. The number of fused-ring (bicyclic) bond motifs is 2. The molecule has 3 N–H and O–H groups in total. The van der Waals surface area contributed by atoms with Crippen LogP contribution in [0.4, 0.5) is 15.9 Å². The maximum Gasteiger partial charge on any atom is 0.241 e. The molecule has 3 heterocycles. The number of Topliss-reactive ketones (excluding diaryl/α,β-unsaturated/α-hetero) is 1. The van der Waals surface area contributed by atoms with Crippen molar-refractivity contribution in [1.29, 1.82) is 0 Å². The molecule has 1 aromatic heterocycles. The third-order valence-electron chi connectivity index (χ3n) is 7.88. The highest BCUT2D eigenvalue weighted by atomic mass is 19.1. The maximum absolute atomic E-state index is 14.9. The largest absolute Gasteiger partial charge is 0.382 e. The first-order valence-electron chi connectivity index (χ1n) is 12.7. The summed E-state index contributed by atoms with van der Waals surface area (Å²) < 4.78 is 14.9. The van der Waals surface area contributed by atoms with Crippen molar-refractivity contribution in [3.05, 3.63) is 59.5 Å². The highest BCUT2D eigenvalue weighted by molar-refractivity contribution is 6.01. The molecule has 3 aliphatic rings. The van der Waals surface area contributed by atoms with Crippen LogP contribution in [0.3, 0.4) is 0 Å². The van der Waals surface area contributed by atoms with Crippen molar-refractivity contribution in [2.24, 2.45) is 0 Å². The normalized spacial score (nSPS) is 19.1. The van der Waals surface area contributed by atoms with Crippen molar-refractivity contribution in [3.8, 4) is 22.5 Å². The van der Waals surface area contributed by atoms with Gasteiger partial charge in [0.25, 0.3) is 0 Å². The van der Waals surface area contributed by atoms with E-state index in [0.717, 1.165) is 61.4 Å². The van der Waals surface area contributed by atoms with Gasteiger partial charge in [0.05, 0.1) is 6.54 Å². The Hall–Kier alpha value is -3.36. The third-order valence-corrected chi connectivity index (χ3v) is 7.88. The molecule has 0 bridgehead atoms. The number of aromatic nitrogens is 2. The Morgan fingerprint density at radius 3 is 2.33 bits per heavy atom. The molecule has 1 saturated heterocycles. The van der Waals surface area contributed by atoms with Gasteiger partial charge in [-0.05, 0) is 50.5 Å². The molecule has 2 fully saturated rings. The van der Waals surface area contributed by atoms with Gasteiger partial charge >= 0.3 is 0 Å². The lowest BCUT2D eigenvalue weighted by Crippen LogP contribution is -2.48. The fraction of sp³-hybridized carbons (Fsp3) is 0.393. The van der Waals surface area contributed by atoms with E-state index in [2.05, 4.69) is 38.9 Å². The van der Waals surface area contributed by atoms with Crippen LogP contribution in [0.1, 0.15) is 42.6 Å². The highest BCUT2D eigenvalue weighted by Crippen LogP contribution is 2.49. The molecule has 3 aromatic rings. The minimum absolute atomic E-state index is 0.0378. The Labute approximate surface area is 210 Å². The summed E-state index contributed by atoms with van der Waals surface area (Å²) in [5, 5.41) is 3.37. The molecule has 1 spiro atoms. The van der Waals surface area contributed by atoms with E-state index >= 15 is 0 Å². The predicted octanol–water partition coefficient (Wildman–Crippen LogP) is 3.84. The number of nitrogen functional groups attached to an aromatic ring is 1. The van der Waals surface area contributed by atoms with E-state index in [1.807, 2.05) is 42.5 Å². The van der Waals surface area contributed by atoms with E-state index in [4.69, 9.17) is 5.73 Å². The molecule has 6 rings (SSSR count). The lowest BCUT2D eigenvalue weighted by molar-refractivity contribution is 0.0972. The van der Waals surface area contributed by atoms with Gasteiger partial charge in [0, 0.05) is 60.1 Å². The number of anilines is 2. The number of benzene rings is 2. The van der Waals surface area contributed by atoms with E-state index < -0.39 is 5.95 Å². The van der Waals surface area contributed by atoms with Crippen molar-refractivity contribution in [3.63, 3.8) is 0 Å². The molecule has 8 heteroatoms. The SMILES string of the molecule is CC(C)N1CCN(c2ccc(-c3nc(-c4ccc5c(c4)C4(CC4)NCC5=O)c(N)nc3F)cc2)CC1. The molecular formula is C28H31FN6O. The van der Waals surface area contributed by atoms with Crippen LogP contribution in [0.15, 0.2) is 42.5 Å². The summed E-state index contributed by atoms with van der Waals surface area (Å²) in [5.74, 6) is -0.572. The topological polar surface area (TPSA) is 87.4 Å². The summed E-state index contributed by atoms with van der Waals surface area (Å²) in [6.45, 7) is 8.81. The number of rotatable bonds is 4. The number of carbonyl (C=O) groups excluding carboxylic acids is 1. The van der Waals surface area contributed by atoms with Gasteiger partial charge in [0.15, 0.2) is 11.6 Å². The number of piperazine rings is 1. The van der Waals surface area contributed by atoms with Crippen LogP contribution in [0, 0.1) is 5.95 Å². The standard InChI is InChI=1S/C28H31FN6O/c1-17(2)34-11-13-35(14-12-34)20-6-3-18(4-7-20)24-26(29)33-27(30)25(32-24)19-5-8-21-22(15-19)28(9-10-28)31-16-23(21)36/h3-8,15,17,31H,9-14,16H2,1-2H3,(H2,30,33). The van der Waals surface area contributed by atoms with Crippen LogP contribution < -0.4 is 16.0 Å². The Balaban J connectivity index is 1.30. The van der Waals surface area contributed by atoms with Gasteiger partial charge < -0.3 is 16.0 Å². The first kappa shape index (κ1) is 23.1.